The van der Waals surface area contributed by atoms with Gasteiger partial charge in [0.15, 0.2) is 0 Å². The van der Waals surface area contributed by atoms with Gasteiger partial charge in [-0.05, 0) is 32.0 Å². The second-order valence-corrected chi connectivity index (χ2v) is 7.57. The molecule has 1 aliphatic rings. The van der Waals surface area contributed by atoms with Crippen LogP contribution in [0.4, 0.5) is 0 Å². The number of rotatable bonds is 8. The minimum absolute atomic E-state index is 0.144. The average Bonchev–Trinajstić information content (AvgIpc) is 3.06. The van der Waals surface area contributed by atoms with E-state index in [-0.39, 0.29) is 5.41 Å². The molecule has 1 saturated carbocycles. The number of unbranched alkanes of at least 4 members (excludes halogenated alkanes) is 1. The molecule has 5 heteroatoms. The third-order valence-electron chi connectivity index (χ3n) is 5.35. The zero-order chi connectivity index (χ0) is 17.9. The van der Waals surface area contributed by atoms with Crippen LogP contribution in [0, 0.1) is 5.41 Å². The first-order valence-corrected chi connectivity index (χ1v) is 9.22. The Morgan fingerprint density at radius 1 is 1.24 bits per heavy atom. The predicted octanol–water partition coefficient (Wildman–Crippen LogP) is 4.15. The normalized spacial score (nSPS) is 22.1. The number of aromatic nitrogens is 2. The number of hydrogen-bond donors (Lipinski definition) is 0. The van der Waals surface area contributed by atoms with Crippen LogP contribution < -0.4 is 0 Å². The number of nitrogens with zero attached hydrogens (tertiary/aromatic N) is 3. The summed E-state index contributed by atoms with van der Waals surface area (Å²) in [6.07, 6.45) is 3.72. The van der Waals surface area contributed by atoms with Gasteiger partial charge < -0.3 is 9.15 Å². The van der Waals surface area contributed by atoms with Crippen LogP contribution in [-0.2, 0) is 11.3 Å². The van der Waals surface area contributed by atoms with Gasteiger partial charge in [0, 0.05) is 23.6 Å². The average molecular weight is 343 g/mol. The molecule has 2 atom stereocenters. The van der Waals surface area contributed by atoms with Crippen LogP contribution in [0.1, 0.15) is 45.9 Å². The largest absolute Gasteiger partial charge is 0.419 e. The Kier molecular flexibility index (Phi) is 5.54. The lowest BCUT2D eigenvalue weighted by molar-refractivity contribution is -0.150. The number of hydrogen-bond acceptors (Lipinski definition) is 5. The minimum Gasteiger partial charge on any atom is -0.419 e. The van der Waals surface area contributed by atoms with Crippen molar-refractivity contribution < 1.29 is 9.15 Å². The summed E-state index contributed by atoms with van der Waals surface area (Å²) in [6, 6.07) is 10.3. The van der Waals surface area contributed by atoms with Gasteiger partial charge in [0.25, 0.3) is 0 Å². The second kappa shape index (κ2) is 7.67. The zero-order valence-electron chi connectivity index (χ0n) is 15.7. The molecule has 3 rings (SSSR count). The fourth-order valence-electron chi connectivity index (χ4n) is 3.60. The van der Waals surface area contributed by atoms with E-state index in [4.69, 9.17) is 9.15 Å². The molecule has 0 saturated heterocycles. The van der Waals surface area contributed by atoms with E-state index in [1.807, 2.05) is 30.3 Å². The minimum atomic E-state index is 0.144. The lowest BCUT2D eigenvalue weighted by atomic mass is 9.64. The van der Waals surface area contributed by atoms with Crippen LogP contribution in [0.3, 0.4) is 0 Å². The molecule has 0 spiro atoms. The van der Waals surface area contributed by atoms with Crippen molar-refractivity contribution in [1.82, 2.24) is 15.1 Å². The van der Waals surface area contributed by atoms with Crippen LogP contribution in [0.25, 0.3) is 11.5 Å². The van der Waals surface area contributed by atoms with Gasteiger partial charge in [-0.3, -0.25) is 4.90 Å². The third-order valence-corrected chi connectivity index (χ3v) is 5.35. The first-order valence-electron chi connectivity index (χ1n) is 9.22. The topological polar surface area (TPSA) is 51.4 Å². The van der Waals surface area contributed by atoms with Crippen molar-refractivity contribution in [2.75, 3.05) is 13.7 Å². The Labute approximate surface area is 150 Å². The van der Waals surface area contributed by atoms with Crippen molar-refractivity contribution in [3.8, 4) is 11.5 Å². The van der Waals surface area contributed by atoms with Crippen molar-refractivity contribution in [2.24, 2.45) is 5.41 Å². The van der Waals surface area contributed by atoms with Gasteiger partial charge in [0.2, 0.25) is 11.8 Å². The summed E-state index contributed by atoms with van der Waals surface area (Å²) in [7, 11) is 2.13. The fourth-order valence-corrected chi connectivity index (χ4v) is 3.60. The predicted molar refractivity (Wildman–Crippen MR) is 98.0 cm³/mol. The van der Waals surface area contributed by atoms with E-state index in [2.05, 4.69) is 42.9 Å². The molecule has 0 N–H and O–H groups in total. The van der Waals surface area contributed by atoms with E-state index < -0.39 is 0 Å². The van der Waals surface area contributed by atoms with E-state index in [9.17, 15) is 0 Å². The summed E-state index contributed by atoms with van der Waals surface area (Å²) in [4.78, 5) is 2.31. The first-order chi connectivity index (χ1) is 12.0. The maximum absolute atomic E-state index is 6.05. The lowest BCUT2D eigenvalue weighted by Gasteiger charge is -2.54. The van der Waals surface area contributed by atoms with Crippen LogP contribution in [0.15, 0.2) is 34.7 Å². The quantitative estimate of drug-likeness (QED) is 0.674. The first kappa shape index (κ1) is 18.1. The molecule has 136 valence electrons. The van der Waals surface area contributed by atoms with Crippen molar-refractivity contribution in [3.63, 3.8) is 0 Å². The monoisotopic (exact) mass is 343 g/mol. The number of benzene rings is 1. The molecule has 0 radical (unpaired) electrons. The van der Waals surface area contributed by atoms with Gasteiger partial charge in [-0.2, -0.15) is 0 Å². The highest BCUT2D eigenvalue weighted by atomic mass is 16.5. The van der Waals surface area contributed by atoms with Crippen LogP contribution in [0.5, 0.6) is 0 Å². The van der Waals surface area contributed by atoms with Crippen molar-refractivity contribution >= 4 is 0 Å². The molecule has 0 amide bonds. The molecule has 1 aromatic carbocycles. The van der Waals surface area contributed by atoms with Crippen molar-refractivity contribution in [1.29, 1.82) is 0 Å². The van der Waals surface area contributed by atoms with E-state index >= 15 is 0 Å². The van der Waals surface area contributed by atoms with E-state index in [1.165, 1.54) is 6.42 Å². The summed E-state index contributed by atoms with van der Waals surface area (Å²) < 4.78 is 11.9. The Bertz CT molecular complexity index is 669. The highest BCUT2D eigenvalue weighted by Gasteiger charge is 2.50. The van der Waals surface area contributed by atoms with Crippen LogP contribution in [0.2, 0.25) is 0 Å². The van der Waals surface area contributed by atoms with Crippen LogP contribution >= 0.6 is 0 Å². The standard InChI is InChI=1S/C20H29N3O2/c1-5-6-12-24-17-13-16(20(17,2)3)23(4)14-18-21-22-19(25-18)15-10-8-7-9-11-15/h7-11,16-17H,5-6,12-14H2,1-4H3. The highest BCUT2D eigenvalue weighted by molar-refractivity contribution is 5.51. The van der Waals surface area contributed by atoms with Crippen molar-refractivity contribution in [2.45, 2.75) is 58.7 Å². The lowest BCUT2D eigenvalue weighted by Crippen LogP contribution is -2.61. The Morgan fingerprint density at radius 3 is 2.68 bits per heavy atom. The van der Waals surface area contributed by atoms with Gasteiger partial charge in [-0.1, -0.05) is 45.4 Å². The second-order valence-electron chi connectivity index (χ2n) is 7.57. The van der Waals surface area contributed by atoms with Gasteiger partial charge in [-0.25, -0.2) is 0 Å². The number of ether oxygens (including phenoxy) is 1. The Hall–Kier alpha value is -1.72. The molecule has 1 heterocycles. The van der Waals surface area contributed by atoms with E-state index in [0.717, 1.165) is 25.0 Å². The van der Waals surface area contributed by atoms with Gasteiger partial charge in [-0.15, -0.1) is 10.2 Å². The van der Waals surface area contributed by atoms with Crippen molar-refractivity contribution in [3.05, 3.63) is 36.2 Å². The molecule has 1 aromatic heterocycles. The fraction of sp³-hybridized carbons (Fsp3) is 0.600. The molecule has 25 heavy (non-hydrogen) atoms. The maximum Gasteiger partial charge on any atom is 0.247 e. The molecule has 1 fully saturated rings. The molecule has 1 aliphatic carbocycles. The SMILES string of the molecule is CCCCOC1CC(N(C)Cc2nnc(-c3ccccc3)o2)C1(C)C. The van der Waals surface area contributed by atoms with Gasteiger partial charge >= 0.3 is 0 Å². The molecular weight excluding hydrogens is 314 g/mol. The maximum atomic E-state index is 6.05. The molecular formula is C20H29N3O2. The summed E-state index contributed by atoms with van der Waals surface area (Å²) in [5.74, 6) is 1.24. The molecule has 2 aromatic rings. The van der Waals surface area contributed by atoms with E-state index in [1.54, 1.807) is 0 Å². The van der Waals surface area contributed by atoms with E-state index in [0.29, 0.717) is 30.5 Å². The van der Waals surface area contributed by atoms with Gasteiger partial charge in [0.05, 0.1) is 12.6 Å². The summed E-state index contributed by atoms with van der Waals surface area (Å²) >= 11 is 0. The van der Waals surface area contributed by atoms with Gasteiger partial charge in [0.1, 0.15) is 0 Å². The summed E-state index contributed by atoms with van der Waals surface area (Å²) in [5.41, 5.74) is 1.10. The Morgan fingerprint density at radius 2 is 2.00 bits per heavy atom. The molecule has 0 bridgehead atoms. The third kappa shape index (κ3) is 3.93. The molecule has 0 aliphatic heterocycles. The van der Waals surface area contributed by atoms with Crippen LogP contribution in [-0.4, -0.2) is 40.9 Å². The zero-order valence-corrected chi connectivity index (χ0v) is 15.7. The smallest absolute Gasteiger partial charge is 0.247 e. The molecule has 5 nitrogen and oxygen atoms in total. The Balaban J connectivity index is 1.56. The molecule has 2 unspecified atom stereocenters. The summed E-state index contributed by atoms with van der Waals surface area (Å²) in [5, 5.41) is 8.39. The summed E-state index contributed by atoms with van der Waals surface area (Å²) in [6.45, 7) is 8.30. The highest BCUT2D eigenvalue weighted by Crippen LogP contribution is 2.45.